The van der Waals surface area contributed by atoms with Crippen LogP contribution < -0.4 is 4.90 Å². The van der Waals surface area contributed by atoms with Crippen LogP contribution in [0.1, 0.15) is 28.9 Å². The summed E-state index contributed by atoms with van der Waals surface area (Å²) in [5, 5.41) is 10.3. The van der Waals surface area contributed by atoms with Gasteiger partial charge < -0.3 is 14.4 Å². The first-order chi connectivity index (χ1) is 14.8. The molecule has 2 aromatic heterocycles. The SMILES string of the molecule is Cc1c(CN(C)C(=O)/C=C/c2cnc3c(c2)CCC(=O)N3C(=O)O)oc2ccccc12. The van der Waals surface area contributed by atoms with Gasteiger partial charge in [-0.1, -0.05) is 18.2 Å². The van der Waals surface area contributed by atoms with E-state index in [1.807, 2.05) is 31.2 Å². The van der Waals surface area contributed by atoms with Crippen LogP contribution in [0, 0.1) is 6.92 Å². The van der Waals surface area contributed by atoms with E-state index >= 15 is 0 Å². The molecule has 8 heteroatoms. The average molecular weight is 419 g/mol. The highest BCUT2D eigenvalue weighted by atomic mass is 16.4. The second-order valence-electron chi connectivity index (χ2n) is 7.44. The number of carbonyl (C=O) groups is 3. The van der Waals surface area contributed by atoms with Crippen LogP contribution in [-0.4, -0.2) is 39.9 Å². The number of para-hydroxylation sites is 1. The molecule has 1 aliphatic heterocycles. The van der Waals surface area contributed by atoms with Gasteiger partial charge in [-0.05, 0) is 42.7 Å². The van der Waals surface area contributed by atoms with Gasteiger partial charge in [-0.15, -0.1) is 0 Å². The number of amides is 3. The average Bonchev–Trinajstić information content (AvgIpc) is 3.07. The predicted octanol–water partition coefficient (Wildman–Crippen LogP) is 3.77. The van der Waals surface area contributed by atoms with E-state index in [9.17, 15) is 19.5 Å². The predicted molar refractivity (Wildman–Crippen MR) is 115 cm³/mol. The summed E-state index contributed by atoms with van der Waals surface area (Å²) < 4.78 is 5.87. The van der Waals surface area contributed by atoms with Crippen molar-refractivity contribution < 1.29 is 23.9 Å². The van der Waals surface area contributed by atoms with E-state index in [0.29, 0.717) is 29.0 Å². The summed E-state index contributed by atoms with van der Waals surface area (Å²) in [5.41, 5.74) is 3.11. The number of benzene rings is 1. The normalized spacial score (nSPS) is 13.6. The molecule has 0 saturated heterocycles. The van der Waals surface area contributed by atoms with Crippen LogP contribution in [0.3, 0.4) is 0 Å². The maximum Gasteiger partial charge on any atom is 0.420 e. The lowest BCUT2D eigenvalue weighted by Crippen LogP contribution is -2.39. The topological polar surface area (TPSA) is 104 Å². The Balaban J connectivity index is 1.48. The zero-order valence-corrected chi connectivity index (χ0v) is 17.2. The highest BCUT2D eigenvalue weighted by Crippen LogP contribution is 2.27. The molecule has 3 heterocycles. The summed E-state index contributed by atoms with van der Waals surface area (Å²) in [6, 6.07) is 9.49. The van der Waals surface area contributed by atoms with Crippen LogP contribution in [0.25, 0.3) is 17.0 Å². The van der Waals surface area contributed by atoms with E-state index in [1.54, 1.807) is 24.1 Å². The molecular weight excluding hydrogens is 398 g/mol. The molecule has 8 nitrogen and oxygen atoms in total. The minimum absolute atomic E-state index is 0.104. The smallest absolute Gasteiger partial charge is 0.420 e. The molecule has 3 amide bonds. The lowest BCUT2D eigenvalue weighted by atomic mass is 10.0. The summed E-state index contributed by atoms with van der Waals surface area (Å²) in [5.74, 6) is 0.164. The van der Waals surface area contributed by atoms with Crippen molar-refractivity contribution in [3.63, 3.8) is 0 Å². The highest BCUT2D eigenvalue weighted by Gasteiger charge is 2.30. The zero-order chi connectivity index (χ0) is 22.1. The third-order valence-corrected chi connectivity index (χ3v) is 5.34. The first-order valence-electron chi connectivity index (χ1n) is 9.80. The Bertz CT molecular complexity index is 1230. The maximum absolute atomic E-state index is 12.6. The molecule has 4 rings (SSSR count). The Morgan fingerprint density at radius 3 is 2.81 bits per heavy atom. The Labute approximate surface area is 178 Å². The number of hydrogen-bond donors (Lipinski definition) is 1. The largest absolute Gasteiger partial charge is 0.464 e. The number of rotatable bonds is 4. The van der Waals surface area contributed by atoms with Gasteiger partial charge in [0, 0.05) is 36.7 Å². The Morgan fingerprint density at radius 1 is 1.29 bits per heavy atom. The monoisotopic (exact) mass is 419 g/mol. The van der Waals surface area contributed by atoms with Gasteiger partial charge in [-0.25, -0.2) is 9.78 Å². The van der Waals surface area contributed by atoms with Crippen LogP contribution in [0.5, 0.6) is 0 Å². The van der Waals surface area contributed by atoms with Crippen molar-refractivity contribution in [1.82, 2.24) is 9.88 Å². The third kappa shape index (κ3) is 3.92. The number of pyridine rings is 1. The Kier molecular flexibility index (Phi) is 5.29. The summed E-state index contributed by atoms with van der Waals surface area (Å²) in [6.45, 7) is 2.31. The van der Waals surface area contributed by atoms with Crippen molar-refractivity contribution in [2.45, 2.75) is 26.3 Å². The van der Waals surface area contributed by atoms with Crippen LogP contribution in [0.4, 0.5) is 10.6 Å². The van der Waals surface area contributed by atoms with Crippen molar-refractivity contribution >= 4 is 40.8 Å². The molecule has 158 valence electrons. The van der Waals surface area contributed by atoms with Gasteiger partial charge in [0.15, 0.2) is 0 Å². The highest BCUT2D eigenvalue weighted by molar-refractivity contribution is 6.12. The molecule has 0 atom stereocenters. The fourth-order valence-electron chi connectivity index (χ4n) is 3.63. The number of aromatic nitrogens is 1. The first-order valence-corrected chi connectivity index (χ1v) is 9.80. The minimum atomic E-state index is -1.35. The van der Waals surface area contributed by atoms with E-state index in [1.165, 1.54) is 12.3 Å². The van der Waals surface area contributed by atoms with Gasteiger partial charge in [0.2, 0.25) is 11.8 Å². The fourth-order valence-corrected chi connectivity index (χ4v) is 3.63. The molecule has 0 unspecified atom stereocenters. The second-order valence-corrected chi connectivity index (χ2v) is 7.44. The lowest BCUT2D eigenvalue weighted by Gasteiger charge is -2.24. The van der Waals surface area contributed by atoms with Gasteiger partial charge >= 0.3 is 6.09 Å². The molecule has 0 aliphatic carbocycles. The van der Waals surface area contributed by atoms with E-state index in [-0.39, 0.29) is 18.1 Å². The van der Waals surface area contributed by atoms with Crippen molar-refractivity contribution in [2.24, 2.45) is 0 Å². The van der Waals surface area contributed by atoms with Crippen molar-refractivity contribution in [1.29, 1.82) is 0 Å². The summed E-state index contributed by atoms with van der Waals surface area (Å²) in [6.07, 6.45) is 3.67. The standard InChI is InChI=1S/C23H21N3O5/c1-14-17-5-3-4-6-18(17)31-19(14)13-25(2)20(27)9-7-15-11-16-8-10-21(28)26(23(29)30)22(16)24-12-15/h3-7,9,11-12H,8,10,13H2,1-2H3,(H,29,30)/b9-7+. The molecule has 0 bridgehead atoms. The zero-order valence-electron chi connectivity index (χ0n) is 17.2. The molecule has 1 aromatic carbocycles. The third-order valence-electron chi connectivity index (χ3n) is 5.34. The molecule has 31 heavy (non-hydrogen) atoms. The van der Waals surface area contributed by atoms with Crippen molar-refractivity contribution in [3.8, 4) is 0 Å². The number of carboxylic acid groups (broad SMARTS) is 1. The summed E-state index contributed by atoms with van der Waals surface area (Å²) >= 11 is 0. The summed E-state index contributed by atoms with van der Waals surface area (Å²) in [4.78, 5) is 42.1. The van der Waals surface area contributed by atoms with Crippen LogP contribution in [-0.2, 0) is 22.6 Å². The van der Waals surface area contributed by atoms with Gasteiger partial charge in [0.1, 0.15) is 17.2 Å². The fraction of sp³-hybridized carbons (Fsp3) is 0.217. The van der Waals surface area contributed by atoms with Crippen LogP contribution >= 0.6 is 0 Å². The van der Waals surface area contributed by atoms with E-state index in [2.05, 4.69) is 4.98 Å². The maximum atomic E-state index is 12.6. The molecule has 3 aromatic rings. The number of imide groups is 1. The number of nitrogens with zero attached hydrogens (tertiary/aromatic N) is 3. The number of furan rings is 1. The Hall–Kier alpha value is -3.94. The molecule has 1 aliphatic rings. The quantitative estimate of drug-likeness (QED) is 0.646. The van der Waals surface area contributed by atoms with Crippen molar-refractivity contribution in [2.75, 3.05) is 11.9 Å². The van der Waals surface area contributed by atoms with Gasteiger partial charge in [0.05, 0.1) is 6.54 Å². The van der Waals surface area contributed by atoms with Crippen LogP contribution in [0.2, 0.25) is 0 Å². The number of aryl methyl sites for hydroxylation is 2. The number of anilines is 1. The molecule has 0 radical (unpaired) electrons. The van der Waals surface area contributed by atoms with Crippen molar-refractivity contribution in [3.05, 3.63) is 65.1 Å². The first kappa shape index (κ1) is 20.3. The minimum Gasteiger partial charge on any atom is -0.464 e. The van der Waals surface area contributed by atoms with Gasteiger partial charge in [-0.2, -0.15) is 4.90 Å². The van der Waals surface area contributed by atoms with Crippen LogP contribution in [0.15, 0.2) is 47.0 Å². The number of carbonyl (C=O) groups excluding carboxylic acids is 2. The van der Waals surface area contributed by atoms with E-state index in [4.69, 9.17) is 4.42 Å². The number of fused-ring (bicyclic) bond motifs is 2. The van der Waals surface area contributed by atoms with E-state index < -0.39 is 12.0 Å². The molecule has 0 fully saturated rings. The molecule has 0 spiro atoms. The Morgan fingerprint density at radius 2 is 2.06 bits per heavy atom. The van der Waals surface area contributed by atoms with E-state index in [0.717, 1.165) is 22.3 Å². The van der Waals surface area contributed by atoms with Gasteiger partial charge in [-0.3, -0.25) is 9.59 Å². The lowest BCUT2D eigenvalue weighted by molar-refractivity contribution is -0.125. The van der Waals surface area contributed by atoms with Gasteiger partial charge in [0.25, 0.3) is 0 Å². The molecule has 0 saturated carbocycles. The second kappa shape index (κ2) is 8.06. The number of hydrogen-bond acceptors (Lipinski definition) is 5. The molecule has 1 N–H and O–H groups in total. The summed E-state index contributed by atoms with van der Waals surface area (Å²) in [7, 11) is 1.70. The number of likely N-dealkylation sites (N-methyl/N-ethyl adjacent to an activating group) is 1. The molecular formula is C23H21N3O5.